The van der Waals surface area contributed by atoms with Crippen molar-refractivity contribution in [3.63, 3.8) is 0 Å². The molecule has 0 heterocycles. The number of hydrazone groups is 1. The Kier molecular flexibility index (Phi) is 9.68. The van der Waals surface area contributed by atoms with Crippen LogP contribution in [0.5, 0.6) is 5.75 Å². The lowest BCUT2D eigenvalue weighted by Gasteiger charge is -2.23. The molecule has 0 fully saturated rings. The first-order valence-corrected chi connectivity index (χ1v) is 11.5. The van der Waals surface area contributed by atoms with Crippen LogP contribution in [0, 0.1) is 0 Å². The summed E-state index contributed by atoms with van der Waals surface area (Å²) in [5.74, 6) is 4.19. The highest BCUT2D eigenvalue weighted by atomic mass is 16.3. The first-order chi connectivity index (χ1) is 17.1. The number of nitrogens with two attached hydrogens (primary N) is 1. The molecule has 0 unspecified atom stereocenters. The third-order valence-corrected chi connectivity index (χ3v) is 5.54. The van der Waals surface area contributed by atoms with Crippen LogP contribution in [0.15, 0.2) is 90.0 Å². The predicted octanol–water partition coefficient (Wildman–Crippen LogP) is 2.60. The van der Waals surface area contributed by atoms with Gasteiger partial charge < -0.3 is 26.9 Å². The van der Waals surface area contributed by atoms with E-state index in [2.05, 4.69) is 21.1 Å². The van der Waals surface area contributed by atoms with Gasteiger partial charge in [-0.1, -0.05) is 72.8 Å². The van der Waals surface area contributed by atoms with Crippen LogP contribution in [0.25, 0.3) is 0 Å². The monoisotopic (exact) mass is 473 g/mol. The molecule has 0 saturated heterocycles. The molecule has 8 nitrogen and oxygen atoms in total. The number of carbonyl (C=O) groups excluding carboxylic acids is 2. The summed E-state index contributed by atoms with van der Waals surface area (Å²) in [7, 11) is 0. The zero-order valence-corrected chi connectivity index (χ0v) is 19.4. The van der Waals surface area contributed by atoms with Gasteiger partial charge in [-0.15, -0.1) is 0 Å². The van der Waals surface area contributed by atoms with Crippen molar-refractivity contribution in [3.05, 3.63) is 102 Å². The summed E-state index contributed by atoms with van der Waals surface area (Å²) in [5, 5.41) is 21.7. The molecule has 0 radical (unpaired) electrons. The molecule has 3 aromatic carbocycles. The van der Waals surface area contributed by atoms with Crippen LogP contribution in [0.4, 0.5) is 0 Å². The number of aromatic hydroxyl groups is 1. The maximum Gasteiger partial charge on any atom is 0.242 e. The molecule has 2 amide bonds. The van der Waals surface area contributed by atoms with Gasteiger partial charge in [0, 0.05) is 13.1 Å². The smallest absolute Gasteiger partial charge is 0.242 e. The van der Waals surface area contributed by atoms with E-state index in [9.17, 15) is 14.7 Å². The molecule has 8 heteroatoms. The first kappa shape index (κ1) is 25.3. The Hall–Kier alpha value is -4.33. The minimum absolute atomic E-state index is 0.159. The normalized spacial score (nSPS) is 11.8. The maximum absolute atomic E-state index is 13.5. The molecule has 6 N–H and O–H groups in total. The van der Waals surface area contributed by atoms with E-state index in [1.165, 1.54) is 6.34 Å². The van der Waals surface area contributed by atoms with Gasteiger partial charge in [0.15, 0.2) is 0 Å². The molecule has 0 aliphatic rings. The maximum atomic E-state index is 13.5. The fraction of sp³-hybridized carbons (Fsp3) is 0.222. The number of rotatable bonds is 12. The quantitative estimate of drug-likeness (QED) is 0.0908. The number of hydrogen-bond acceptors (Lipinski definition) is 5. The summed E-state index contributed by atoms with van der Waals surface area (Å²) in [6.45, 7) is 0.837. The van der Waals surface area contributed by atoms with Crippen molar-refractivity contribution >= 4 is 18.2 Å². The Morgan fingerprint density at radius 3 is 2.06 bits per heavy atom. The lowest BCUT2D eigenvalue weighted by molar-refractivity contribution is -0.129. The van der Waals surface area contributed by atoms with Crippen molar-refractivity contribution in [2.24, 2.45) is 10.9 Å². The molecular weight excluding hydrogens is 442 g/mol. The highest BCUT2D eigenvalue weighted by molar-refractivity contribution is 5.92. The molecule has 0 spiro atoms. The zero-order chi connectivity index (χ0) is 24.9. The highest BCUT2D eigenvalue weighted by Crippen LogP contribution is 2.25. The van der Waals surface area contributed by atoms with E-state index in [4.69, 9.17) is 5.84 Å². The lowest BCUT2D eigenvalue weighted by atomic mass is 9.90. The Labute approximate surface area is 205 Å². The van der Waals surface area contributed by atoms with E-state index in [0.29, 0.717) is 19.4 Å². The van der Waals surface area contributed by atoms with Crippen LogP contribution in [-0.2, 0) is 16.1 Å². The second kappa shape index (κ2) is 13.4. The van der Waals surface area contributed by atoms with E-state index in [0.717, 1.165) is 16.7 Å². The third-order valence-electron chi connectivity index (χ3n) is 5.54. The Morgan fingerprint density at radius 2 is 1.49 bits per heavy atom. The van der Waals surface area contributed by atoms with Gasteiger partial charge in [-0.3, -0.25) is 9.59 Å². The molecule has 0 saturated carbocycles. The Balaban J connectivity index is 1.74. The SMILES string of the molecule is NN=CNCCC[C@@H](NC(=O)C(c1ccccc1)c1ccccc1)C(=O)NCc1ccc(O)cc1. The summed E-state index contributed by atoms with van der Waals surface area (Å²) < 4.78 is 0. The number of hydrogen-bond donors (Lipinski definition) is 5. The standard InChI is InChI=1S/C27H31N5O3/c28-31-19-29-17-7-12-24(26(34)30-18-20-13-15-23(33)16-14-20)32-27(35)25(21-8-3-1-4-9-21)22-10-5-2-6-11-22/h1-6,8-11,13-16,19,24-25,33H,7,12,17-18,28H2,(H,29,31)(H,30,34)(H,32,35)/t24-/m1/s1. The van der Waals surface area contributed by atoms with E-state index >= 15 is 0 Å². The van der Waals surface area contributed by atoms with Crippen molar-refractivity contribution in [2.45, 2.75) is 31.3 Å². The summed E-state index contributed by atoms with van der Waals surface area (Å²) in [6, 6.07) is 24.9. The summed E-state index contributed by atoms with van der Waals surface area (Å²) in [4.78, 5) is 26.6. The summed E-state index contributed by atoms with van der Waals surface area (Å²) >= 11 is 0. The van der Waals surface area contributed by atoms with Crippen molar-refractivity contribution in [3.8, 4) is 5.75 Å². The van der Waals surface area contributed by atoms with Crippen molar-refractivity contribution < 1.29 is 14.7 Å². The van der Waals surface area contributed by atoms with Gasteiger partial charge in [-0.05, 0) is 41.7 Å². The Morgan fingerprint density at radius 1 is 0.886 bits per heavy atom. The average molecular weight is 474 g/mol. The number of benzene rings is 3. The predicted molar refractivity (Wildman–Crippen MR) is 137 cm³/mol. The molecule has 0 bridgehead atoms. The van der Waals surface area contributed by atoms with Gasteiger partial charge in [0.05, 0.1) is 5.92 Å². The number of phenolic OH excluding ortho intramolecular Hbond substituents is 1. The number of phenols is 1. The van der Waals surface area contributed by atoms with Crippen molar-refractivity contribution in [1.29, 1.82) is 0 Å². The summed E-state index contributed by atoms with van der Waals surface area (Å²) in [5.41, 5.74) is 2.54. The third kappa shape index (κ3) is 7.89. The fourth-order valence-corrected chi connectivity index (χ4v) is 3.76. The molecule has 3 aromatic rings. The molecule has 3 rings (SSSR count). The van der Waals surface area contributed by atoms with Crippen molar-refractivity contribution in [1.82, 2.24) is 16.0 Å². The molecule has 0 aliphatic heterocycles. The van der Waals surface area contributed by atoms with Crippen LogP contribution in [-0.4, -0.2) is 35.8 Å². The second-order valence-corrected chi connectivity index (χ2v) is 8.07. The van der Waals surface area contributed by atoms with Gasteiger partial charge >= 0.3 is 0 Å². The largest absolute Gasteiger partial charge is 0.508 e. The lowest BCUT2D eigenvalue weighted by Crippen LogP contribution is -2.48. The number of carbonyl (C=O) groups is 2. The van der Waals surface area contributed by atoms with Gasteiger partial charge in [0.1, 0.15) is 18.1 Å². The molecule has 0 aromatic heterocycles. The van der Waals surface area contributed by atoms with Crippen LogP contribution < -0.4 is 21.8 Å². The average Bonchev–Trinajstić information content (AvgIpc) is 2.89. The highest BCUT2D eigenvalue weighted by Gasteiger charge is 2.27. The summed E-state index contributed by atoms with van der Waals surface area (Å²) in [6.07, 6.45) is 2.43. The molecule has 35 heavy (non-hydrogen) atoms. The van der Waals surface area contributed by atoms with Gasteiger partial charge in [-0.2, -0.15) is 5.10 Å². The number of amides is 2. The van der Waals surface area contributed by atoms with Crippen LogP contribution in [0.3, 0.4) is 0 Å². The minimum atomic E-state index is -0.730. The topological polar surface area (TPSA) is 129 Å². The van der Waals surface area contributed by atoms with Crippen molar-refractivity contribution in [2.75, 3.05) is 6.54 Å². The van der Waals surface area contributed by atoms with E-state index in [-0.39, 0.29) is 24.1 Å². The van der Waals surface area contributed by atoms with Crippen LogP contribution in [0.1, 0.15) is 35.4 Å². The molecule has 182 valence electrons. The second-order valence-electron chi connectivity index (χ2n) is 8.07. The number of nitrogens with zero attached hydrogens (tertiary/aromatic N) is 1. The zero-order valence-electron chi connectivity index (χ0n) is 19.4. The van der Waals surface area contributed by atoms with Gasteiger partial charge in [-0.25, -0.2) is 0 Å². The molecular formula is C27H31N5O3. The molecule has 0 aliphatic carbocycles. The fourth-order valence-electron chi connectivity index (χ4n) is 3.76. The van der Waals surface area contributed by atoms with Gasteiger partial charge in [0.25, 0.3) is 0 Å². The van der Waals surface area contributed by atoms with Crippen LogP contribution >= 0.6 is 0 Å². The van der Waals surface area contributed by atoms with Gasteiger partial charge in [0.2, 0.25) is 11.8 Å². The number of nitrogens with one attached hydrogen (secondary N) is 3. The first-order valence-electron chi connectivity index (χ1n) is 11.5. The van der Waals surface area contributed by atoms with Crippen LogP contribution in [0.2, 0.25) is 0 Å². The van der Waals surface area contributed by atoms with E-state index < -0.39 is 12.0 Å². The molecule has 1 atom stereocenters. The Bertz CT molecular complexity index is 1050. The van der Waals surface area contributed by atoms with E-state index in [1.54, 1.807) is 24.3 Å². The minimum Gasteiger partial charge on any atom is -0.508 e. The van der Waals surface area contributed by atoms with E-state index in [1.807, 2.05) is 60.7 Å².